The van der Waals surface area contributed by atoms with E-state index in [0.717, 1.165) is 25.1 Å². The highest BCUT2D eigenvalue weighted by molar-refractivity contribution is 7.09. The summed E-state index contributed by atoms with van der Waals surface area (Å²) in [6.07, 6.45) is 6.23. The fourth-order valence-corrected chi connectivity index (χ4v) is 3.08. The van der Waals surface area contributed by atoms with Gasteiger partial charge in [-0.1, -0.05) is 6.07 Å². The maximum atomic E-state index is 12.1. The maximum Gasteiger partial charge on any atom is 0.254 e. The van der Waals surface area contributed by atoms with Crippen molar-refractivity contribution in [2.75, 3.05) is 13.2 Å². The molecule has 1 saturated carbocycles. The van der Waals surface area contributed by atoms with E-state index >= 15 is 0 Å². The normalized spacial score (nSPS) is 15.5. The molecule has 1 aliphatic rings. The van der Waals surface area contributed by atoms with E-state index in [1.54, 1.807) is 23.7 Å². The first kappa shape index (κ1) is 15.1. The monoisotopic (exact) mass is 317 g/mol. The Morgan fingerprint density at radius 1 is 1.41 bits per heavy atom. The number of aliphatic hydroxyl groups excluding tert-OH is 1. The summed E-state index contributed by atoms with van der Waals surface area (Å²) in [6.45, 7) is 0.493. The summed E-state index contributed by atoms with van der Waals surface area (Å²) < 4.78 is 0. The zero-order valence-electron chi connectivity index (χ0n) is 12.2. The van der Waals surface area contributed by atoms with Crippen molar-refractivity contribution in [1.29, 1.82) is 0 Å². The number of aromatic nitrogens is 2. The molecule has 116 valence electrons. The first-order valence-corrected chi connectivity index (χ1v) is 8.37. The molecular formula is C16H19N3O2S. The number of amides is 1. The van der Waals surface area contributed by atoms with E-state index in [1.165, 1.54) is 4.88 Å². The zero-order valence-corrected chi connectivity index (χ0v) is 13.1. The Labute approximate surface area is 133 Å². The molecule has 5 nitrogen and oxygen atoms in total. The molecule has 1 amide bonds. The fourth-order valence-electron chi connectivity index (χ4n) is 2.26. The molecule has 0 aliphatic heterocycles. The lowest BCUT2D eigenvalue weighted by Crippen LogP contribution is -2.31. The third-order valence-corrected chi connectivity index (χ3v) is 4.65. The molecule has 0 radical (unpaired) electrons. The summed E-state index contributed by atoms with van der Waals surface area (Å²) in [4.78, 5) is 21.8. The van der Waals surface area contributed by atoms with E-state index in [1.807, 2.05) is 17.5 Å². The van der Waals surface area contributed by atoms with Gasteiger partial charge in [-0.15, -0.1) is 11.3 Å². The minimum absolute atomic E-state index is 0.0225. The van der Waals surface area contributed by atoms with Crippen LogP contribution in [-0.2, 0) is 6.42 Å². The molecule has 0 bridgehead atoms. The number of rotatable bonds is 7. The van der Waals surface area contributed by atoms with E-state index in [0.29, 0.717) is 18.0 Å². The average Bonchev–Trinajstić information content (AvgIpc) is 3.28. The Morgan fingerprint density at radius 3 is 2.77 bits per heavy atom. The smallest absolute Gasteiger partial charge is 0.254 e. The van der Waals surface area contributed by atoms with Crippen molar-refractivity contribution in [3.05, 3.63) is 46.2 Å². The highest BCUT2D eigenvalue weighted by Gasteiger charge is 2.26. The van der Waals surface area contributed by atoms with Crippen LogP contribution in [0, 0.1) is 5.92 Å². The van der Waals surface area contributed by atoms with Gasteiger partial charge in [0.25, 0.3) is 5.91 Å². The van der Waals surface area contributed by atoms with Crippen LogP contribution in [0.25, 0.3) is 0 Å². The van der Waals surface area contributed by atoms with Crippen LogP contribution in [0.2, 0.25) is 0 Å². The molecule has 1 fully saturated rings. The first-order chi connectivity index (χ1) is 10.8. The number of hydrogen-bond acceptors (Lipinski definition) is 5. The quantitative estimate of drug-likeness (QED) is 0.819. The van der Waals surface area contributed by atoms with Crippen LogP contribution in [0.15, 0.2) is 29.9 Å². The van der Waals surface area contributed by atoms with Gasteiger partial charge in [-0.2, -0.15) is 0 Å². The SMILES string of the molecule is O=C(NCC(CO)Cc1cccs1)c1cnc(C2CC2)nc1. The molecule has 1 unspecified atom stereocenters. The summed E-state index contributed by atoms with van der Waals surface area (Å²) in [7, 11) is 0. The lowest BCUT2D eigenvalue weighted by Gasteiger charge is -2.14. The third-order valence-electron chi connectivity index (χ3n) is 3.76. The fraction of sp³-hybridized carbons (Fsp3) is 0.438. The van der Waals surface area contributed by atoms with Crippen molar-refractivity contribution in [1.82, 2.24) is 15.3 Å². The Kier molecular flexibility index (Phi) is 4.80. The molecule has 3 rings (SSSR count). The van der Waals surface area contributed by atoms with Crippen molar-refractivity contribution >= 4 is 17.2 Å². The minimum atomic E-state index is -0.188. The van der Waals surface area contributed by atoms with Crippen LogP contribution in [0.5, 0.6) is 0 Å². The van der Waals surface area contributed by atoms with Crippen molar-refractivity contribution in [3.8, 4) is 0 Å². The second kappa shape index (κ2) is 6.98. The number of carbonyl (C=O) groups excluding carboxylic acids is 1. The summed E-state index contributed by atoms with van der Waals surface area (Å²) in [5, 5.41) is 14.3. The molecule has 22 heavy (non-hydrogen) atoms. The van der Waals surface area contributed by atoms with Gasteiger partial charge in [0.05, 0.1) is 5.56 Å². The van der Waals surface area contributed by atoms with Crippen molar-refractivity contribution < 1.29 is 9.90 Å². The van der Waals surface area contributed by atoms with Gasteiger partial charge in [0.15, 0.2) is 0 Å². The van der Waals surface area contributed by atoms with Gasteiger partial charge in [0, 0.05) is 42.3 Å². The van der Waals surface area contributed by atoms with Crippen LogP contribution in [0.3, 0.4) is 0 Å². The Balaban J connectivity index is 1.51. The maximum absolute atomic E-state index is 12.1. The molecule has 1 atom stereocenters. The van der Waals surface area contributed by atoms with Crippen LogP contribution < -0.4 is 5.32 Å². The molecule has 2 N–H and O–H groups in total. The van der Waals surface area contributed by atoms with Gasteiger partial charge in [-0.05, 0) is 30.7 Å². The van der Waals surface area contributed by atoms with Gasteiger partial charge in [-0.25, -0.2) is 9.97 Å². The van der Waals surface area contributed by atoms with Gasteiger partial charge < -0.3 is 10.4 Å². The molecule has 0 saturated heterocycles. The minimum Gasteiger partial charge on any atom is -0.396 e. The number of aliphatic hydroxyl groups is 1. The number of hydrogen-bond donors (Lipinski definition) is 2. The summed E-state index contributed by atoms with van der Waals surface area (Å²) >= 11 is 1.66. The Bertz CT molecular complexity index is 609. The van der Waals surface area contributed by atoms with Crippen molar-refractivity contribution in [2.45, 2.75) is 25.2 Å². The second-order valence-corrected chi connectivity index (χ2v) is 6.68. The highest BCUT2D eigenvalue weighted by atomic mass is 32.1. The Hall–Kier alpha value is -1.79. The van der Waals surface area contributed by atoms with E-state index in [2.05, 4.69) is 15.3 Å². The zero-order chi connectivity index (χ0) is 15.4. The van der Waals surface area contributed by atoms with E-state index in [9.17, 15) is 9.90 Å². The van der Waals surface area contributed by atoms with Gasteiger partial charge in [-0.3, -0.25) is 4.79 Å². The molecule has 2 heterocycles. The molecule has 0 aromatic carbocycles. The lowest BCUT2D eigenvalue weighted by molar-refractivity contribution is 0.0939. The topological polar surface area (TPSA) is 75.1 Å². The van der Waals surface area contributed by atoms with E-state index in [-0.39, 0.29) is 18.4 Å². The summed E-state index contributed by atoms with van der Waals surface area (Å²) in [5.74, 6) is 1.16. The number of nitrogens with zero attached hydrogens (tertiary/aromatic N) is 2. The molecule has 0 spiro atoms. The standard InChI is InChI=1S/C16H19N3O2S/c20-10-11(6-14-2-1-5-22-14)7-19-16(21)13-8-17-15(18-9-13)12-3-4-12/h1-2,5,8-9,11-12,20H,3-4,6-7,10H2,(H,19,21). The summed E-state index contributed by atoms with van der Waals surface area (Å²) in [6, 6.07) is 4.03. The third kappa shape index (κ3) is 3.90. The Morgan fingerprint density at radius 2 is 2.18 bits per heavy atom. The van der Waals surface area contributed by atoms with Crippen molar-refractivity contribution in [2.24, 2.45) is 5.92 Å². The van der Waals surface area contributed by atoms with Gasteiger partial charge in [0.2, 0.25) is 0 Å². The van der Waals surface area contributed by atoms with Crippen molar-refractivity contribution in [3.63, 3.8) is 0 Å². The number of carbonyl (C=O) groups is 1. The molecule has 6 heteroatoms. The van der Waals surface area contributed by atoms with Gasteiger partial charge in [0.1, 0.15) is 5.82 Å². The highest BCUT2D eigenvalue weighted by Crippen LogP contribution is 2.37. The number of thiophene rings is 1. The van der Waals surface area contributed by atoms with Gasteiger partial charge >= 0.3 is 0 Å². The predicted molar refractivity (Wildman–Crippen MR) is 84.9 cm³/mol. The largest absolute Gasteiger partial charge is 0.396 e. The van der Waals surface area contributed by atoms with Crippen LogP contribution in [0.1, 0.15) is 39.8 Å². The number of nitrogens with one attached hydrogen (secondary N) is 1. The van der Waals surface area contributed by atoms with Crippen LogP contribution in [0.4, 0.5) is 0 Å². The predicted octanol–water partition coefficient (Wildman–Crippen LogP) is 2.00. The molecule has 2 aromatic rings. The lowest BCUT2D eigenvalue weighted by atomic mass is 10.1. The summed E-state index contributed by atoms with van der Waals surface area (Å²) in [5.41, 5.74) is 0.470. The second-order valence-electron chi connectivity index (χ2n) is 5.65. The van der Waals surface area contributed by atoms with Crippen LogP contribution >= 0.6 is 11.3 Å². The molecule has 2 aromatic heterocycles. The first-order valence-electron chi connectivity index (χ1n) is 7.49. The molecule has 1 aliphatic carbocycles. The molecular weight excluding hydrogens is 298 g/mol. The average molecular weight is 317 g/mol. The van der Waals surface area contributed by atoms with E-state index in [4.69, 9.17) is 0 Å². The van der Waals surface area contributed by atoms with E-state index < -0.39 is 0 Å². The van der Waals surface area contributed by atoms with Crippen LogP contribution in [-0.4, -0.2) is 34.1 Å².